The van der Waals surface area contributed by atoms with E-state index in [2.05, 4.69) is 42.2 Å². The van der Waals surface area contributed by atoms with Gasteiger partial charge in [0.25, 0.3) is 0 Å². The van der Waals surface area contributed by atoms with Gasteiger partial charge in [-0.2, -0.15) is 0 Å². The summed E-state index contributed by atoms with van der Waals surface area (Å²) in [4.78, 5) is 151. The molecule has 2 fully saturated rings. The number of hydrogen-bond donors (Lipinski definition) is 13. The highest BCUT2D eigenvalue weighted by Gasteiger charge is 2.41. The Morgan fingerprint density at radius 2 is 1.19 bits per heavy atom. The van der Waals surface area contributed by atoms with Crippen LogP contribution in [0, 0.1) is 0 Å². The average molecular weight is 1050 g/mol. The van der Waals surface area contributed by atoms with Crippen LogP contribution < -0.4 is 43.0 Å². The number of aliphatic carboxylic acids is 1. The SMILES string of the molecule is CC(=O)N1CCC[C@H]1C(=O)N[C@@H](CO)C(=O)N1CCC[C@H]1C(=O)N[C@@H](Cc1c[nH]c2ccccc12)C(=O)N[C@@H](C)C(=O)N[C@H](C(=O)N[C@@H](CO)C(=O)N[C@@H](CC(=O)O)C(=O)N[C@@H](Cc1ccccc1)C(N)=O)[C@@H](C)O. The lowest BCUT2D eigenvalue weighted by Gasteiger charge is -2.30. The van der Waals surface area contributed by atoms with Gasteiger partial charge in [0.15, 0.2) is 0 Å². The van der Waals surface area contributed by atoms with E-state index in [0.717, 1.165) is 6.92 Å². The molecule has 26 nitrogen and oxygen atoms in total. The molecule has 0 unspecified atom stereocenters. The number of aliphatic hydroxyl groups is 3. The van der Waals surface area contributed by atoms with E-state index in [1.54, 1.807) is 60.8 Å². The van der Waals surface area contributed by atoms with Crippen molar-refractivity contribution < 1.29 is 73.2 Å². The van der Waals surface area contributed by atoms with Gasteiger partial charge in [0.2, 0.25) is 59.1 Å². The third-order valence-corrected chi connectivity index (χ3v) is 12.9. The maximum atomic E-state index is 14.2. The molecule has 2 aliphatic rings. The van der Waals surface area contributed by atoms with Gasteiger partial charge in [-0.15, -0.1) is 0 Å². The Morgan fingerprint density at radius 3 is 1.79 bits per heavy atom. The summed E-state index contributed by atoms with van der Waals surface area (Å²) in [6.07, 6.45) is 0.161. The van der Waals surface area contributed by atoms with Crippen molar-refractivity contribution in [1.29, 1.82) is 0 Å². The lowest BCUT2D eigenvalue weighted by molar-refractivity contribution is -0.144. The predicted octanol–water partition coefficient (Wildman–Crippen LogP) is -4.31. The topological polar surface area (TPSA) is 401 Å². The Labute approximate surface area is 430 Å². The second-order valence-electron chi connectivity index (χ2n) is 18.4. The number of rotatable bonds is 25. The summed E-state index contributed by atoms with van der Waals surface area (Å²) in [5.41, 5.74) is 7.37. The zero-order valence-corrected chi connectivity index (χ0v) is 41.6. The molecular formula is C49H65N11O15. The highest BCUT2D eigenvalue weighted by atomic mass is 16.4. The maximum Gasteiger partial charge on any atom is 0.305 e. The molecule has 0 aliphatic carbocycles. The molecule has 26 heteroatoms. The van der Waals surface area contributed by atoms with Crippen LogP contribution >= 0.6 is 0 Å². The Bertz CT molecular complexity index is 2590. The van der Waals surface area contributed by atoms with E-state index in [4.69, 9.17) is 5.73 Å². The number of carboxylic acids is 1. The second kappa shape index (κ2) is 26.8. The molecule has 10 amide bonds. The summed E-state index contributed by atoms with van der Waals surface area (Å²) in [6, 6.07) is 2.24. The predicted molar refractivity (Wildman–Crippen MR) is 264 cm³/mol. The number of aliphatic hydroxyl groups excluding tert-OH is 3. The van der Waals surface area contributed by atoms with Crippen molar-refractivity contribution in [1.82, 2.24) is 52.0 Å². The molecule has 2 saturated heterocycles. The van der Waals surface area contributed by atoms with Crippen LogP contribution in [0.5, 0.6) is 0 Å². The number of nitrogens with two attached hydrogens (primary N) is 1. The number of aromatic nitrogens is 1. The van der Waals surface area contributed by atoms with Crippen LogP contribution in [0.3, 0.4) is 0 Å². The summed E-state index contributed by atoms with van der Waals surface area (Å²) in [5, 5.41) is 57.7. The van der Waals surface area contributed by atoms with Gasteiger partial charge in [0, 0.05) is 50.0 Å². The fraction of sp³-hybridized carbons (Fsp3) is 0.490. The normalized spacial score (nSPS) is 18.4. The molecular weight excluding hydrogens is 983 g/mol. The zero-order chi connectivity index (χ0) is 55.1. The molecule has 0 radical (unpaired) electrons. The molecule has 5 rings (SSSR count). The van der Waals surface area contributed by atoms with Gasteiger partial charge in [0.05, 0.1) is 25.7 Å². The summed E-state index contributed by atoms with van der Waals surface area (Å²) < 4.78 is 0. The number of hydrogen-bond acceptors (Lipinski definition) is 14. The van der Waals surface area contributed by atoms with Crippen molar-refractivity contribution in [2.75, 3.05) is 26.3 Å². The first-order chi connectivity index (χ1) is 35.6. The highest BCUT2D eigenvalue weighted by Crippen LogP contribution is 2.23. The number of fused-ring (bicyclic) bond motifs is 1. The van der Waals surface area contributed by atoms with Gasteiger partial charge in [-0.25, -0.2) is 0 Å². The average Bonchev–Trinajstić information content (AvgIpc) is 4.17. The van der Waals surface area contributed by atoms with Crippen molar-refractivity contribution in [3.8, 4) is 0 Å². The number of nitrogens with one attached hydrogen (secondary N) is 8. The highest BCUT2D eigenvalue weighted by molar-refractivity contribution is 5.99. The number of amides is 10. The first-order valence-corrected chi connectivity index (χ1v) is 24.3. The number of carbonyl (C=O) groups is 11. The number of carbonyl (C=O) groups excluding carboxylic acids is 10. The van der Waals surface area contributed by atoms with Crippen molar-refractivity contribution in [3.63, 3.8) is 0 Å². The van der Waals surface area contributed by atoms with E-state index >= 15 is 0 Å². The largest absolute Gasteiger partial charge is 0.481 e. The standard InChI is InChI=1S/C49H65N11O15/c1-25(42(68)58-40(26(2)63)48(74)56-35(23-61)45(71)54-34(21-39(65)66)44(70)53-32(41(50)67)19-28-11-5-4-6-12-28)52-43(69)33(20-29-22-51-31-14-8-7-13-30(29)31)55-47(73)38-16-10-18-60(38)49(75)36(24-62)57-46(72)37-15-9-17-59(37)27(3)64/h4-8,11-14,22,25-26,32-38,40,51,61-63H,9-10,15-21,23-24H2,1-3H3,(H2,50,67)(H,52,69)(H,53,70)(H,54,71)(H,55,73)(H,56,74)(H,57,72)(H,58,68)(H,65,66)/t25-,26+,32-,33-,34-,35-,36-,37-,38-,40-/m0/s1. The number of primary amides is 1. The molecule has 3 heterocycles. The summed E-state index contributed by atoms with van der Waals surface area (Å²) in [5.74, 6) is -10.6. The molecule has 406 valence electrons. The molecule has 75 heavy (non-hydrogen) atoms. The van der Waals surface area contributed by atoms with E-state index < -0.39 is 139 Å². The zero-order valence-electron chi connectivity index (χ0n) is 41.6. The lowest BCUT2D eigenvalue weighted by atomic mass is 10.0. The lowest BCUT2D eigenvalue weighted by Crippen LogP contribution is -2.62. The number of likely N-dealkylation sites (tertiary alicyclic amines) is 2. The third-order valence-electron chi connectivity index (χ3n) is 12.9. The minimum Gasteiger partial charge on any atom is -0.481 e. The van der Waals surface area contributed by atoms with E-state index in [0.29, 0.717) is 47.8 Å². The number of nitrogens with zero attached hydrogens (tertiary/aromatic N) is 2. The fourth-order valence-electron chi connectivity index (χ4n) is 8.89. The Balaban J connectivity index is 1.25. The van der Waals surface area contributed by atoms with E-state index in [-0.39, 0.29) is 31.7 Å². The summed E-state index contributed by atoms with van der Waals surface area (Å²) >= 11 is 0. The number of para-hydroxylation sites is 1. The van der Waals surface area contributed by atoms with E-state index in [9.17, 15) is 73.2 Å². The van der Waals surface area contributed by atoms with Gasteiger partial charge in [0.1, 0.15) is 54.4 Å². The van der Waals surface area contributed by atoms with Crippen molar-refractivity contribution in [2.24, 2.45) is 5.73 Å². The molecule has 2 aliphatic heterocycles. The van der Waals surface area contributed by atoms with E-state index in [1.165, 1.54) is 23.6 Å². The molecule has 1 aromatic heterocycles. The minimum absolute atomic E-state index is 0.0707. The Kier molecular flexibility index (Phi) is 20.7. The van der Waals surface area contributed by atoms with Crippen LogP contribution in [0.2, 0.25) is 0 Å². The molecule has 0 spiro atoms. The maximum absolute atomic E-state index is 14.2. The fourth-order valence-corrected chi connectivity index (χ4v) is 8.89. The van der Waals surface area contributed by atoms with Crippen LogP contribution in [0.25, 0.3) is 10.9 Å². The van der Waals surface area contributed by atoms with Gasteiger partial charge in [-0.1, -0.05) is 48.5 Å². The Morgan fingerprint density at radius 1 is 0.640 bits per heavy atom. The van der Waals surface area contributed by atoms with Crippen LogP contribution in [0.15, 0.2) is 60.8 Å². The molecule has 2 aromatic carbocycles. The van der Waals surface area contributed by atoms with Crippen LogP contribution in [0.4, 0.5) is 0 Å². The van der Waals surface area contributed by atoms with Crippen molar-refractivity contribution >= 4 is 75.9 Å². The van der Waals surface area contributed by atoms with Gasteiger partial charge >= 0.3 is 5.97 Å². The van der Waals surface area contributed by atoms with Crippen molar-refractivity contribution in [2.45, 2.75) is 126 Å². The van der Waals surface area contributed by atoms with Crippen LogP contribution in [-0.4, -0.2) is 187 Å². The van der Waals surface area contributed by atoms with Gasteiger partial charge in [-0.05, 0) is 56.7 Å². The molecule has 3 aromatic rings. The number of carboxylic acid groups (broad SMARTS) is 1. The molecule has 0 bridgehead atoms. The number of H-pyrrole nitrogens is 1. The minimum atomic E-state index is -1.89. The van der Waals surface area contributed by atoms with Crippen molar-refractivity contribution in [3.05, 3.63) is 71.9 Å². The van der Waals surface area contributed by atoms with Crippen LogP contribution in [0.1, 0.15) is 64.0 Å². The summed E-state index contributed by atoms with van der Waals surface area (Å²) in [7, 11) is 0. The summed E-state index contributed by atoms with van der Waals surface area (Å²) in [6.45, 7) is 2.15. The number of aromatic amines is 1. The third kappa shape index (κ3) is 15.5. The number of benzene rings is 2. The van der Waals surface area contributed by atoms with Gasteiger partial charge in [-0.3, -0.25) is 52.7 Å². The molecule has 14 N–H and O–H groups in total. The first-order valence-electron chi connectivity index (χ1n) is 24.3. The van der Waals surface area contributed by atoms with Crippen LogP contribution in [-0.2, 0) is 65.6 Å². The Hall–Kier alpha value is -7.97. The van der Waals surface area contributed by atoms with Gasteiger partial charge < -0.3 is 78.2 Å². The second-order valence-corrected chi connectivity index (χ2v) is 18.4. The molecule has 10 atom stereocenters. The first kappa shape index (κ1) is 57.9. The monoisotopic (exact) mass is 1050 g/mol. The quantitative estimate of drug-likeness (QED) is 0.0382. The smallest absolute Gasteiger partial charge is 0.305 e. The molecule has 0 saturated carbocycles. The van der Waals surface area contributed by atoms with E-state index in [1.807, 2.05) is 0 Å².